The lowest BCUT2D eigenvalue weighted by Gasteiger charge is -2.41. The van der Waals surface area contributed by atoms with Crippen molar-refractivity contribution in [3.63, 3.8) is 0 Å². The second-order valence-corrected chi connectivity index (χ2v) is 7.05. The summed E-state index contributed by atoms with van der Waals surface area (Å²) in [5, 5.41) is 8.75. The highest BCUT2D eigenvalue weighted by atomic mass is 32.2. The number of nitrogens with one attached hydrogen (secondary N) is 1. The monoisotopic (exact) mass is 296 g/mol. The Balaban J connectivity index is 2.16. The minimum Gasteiger partial charge on any atom is -0.211 e. The molecule has 2 rings (SSSR count). The molecule has 0 atom stereocenters. The van der Waals surface area contributed by atoms with E-state index in [1.54, 1.807) is 6.07 Å². The Labute approximate surface area is 118 Å². The maximum atomic E-state index is 13.2. The van der Waals surface area contributed by atoms with E-state index in [2.05, 4.69) is 11.6 Å². The van der Waals surface area contributed by atoms with Crippen LogP contribution in [0.5, 0.6) is 0 Å². The minimum atomic E-state index is -3.70. The van der Waals surface area contributed by atoms with E-state index >= 15 is 0 Å². The van der Waals surface area contributed by atoms with Gasteiger partial charge in [0, 0.05) is 6.54 Å². The lowest BCUT2D eigenvalue weighted by atomic mass is 9.67. The molecule has 0 unspecified atom stereocenters. The zero-order valence-electron chi connectivity index (χ0n) is 11.3. The third-order valence-corrected chi connectivity index (χ3v) is 5.57. The van der Waals surface area contributed by atoms with Crippen molar-refractivity contribution in [2.75, 3.05) is 6.54 Å². The largest absolute Gasteiger partial charge is 0.240 e. The fourth-order valence-corrected chi connectivity index (χ4v) is 3.60. The molecule has 1 aromatic rings. The normalized spacial score (nSPS) is 17.2. The number of hydrogen-bond acceptors (Lipinski definition) is 3. The maximum absolute atomic E-state index is 13.2. The summed E-state index contributed by atoms with van der Waals surface area (Å²) >= 11 is 0. The summed E-state index contributed by atoms with van der Waals surface area (Å²) in [7, 11) is -3.70. The molecule has 0 heterocycles. The van der Waals surface area contributed by atoms with E-state index in [4.69, 9.17) is 5.26 Å². The highest BCUT2D eigenvalue weighted by Gasteiger charge is 2.36. The molecule has 1 fully saturated rings. The van der Waals surface area contributed by atoms with E-state index in [-0.39, 0.29) is 15.9 Å². The summed E-state index contributed by atoms with van der Waals surface area (Å²) in [6.45, 7) is 2.45. The smallest absolute Gasteiger partial charge is 0.211 e. The SMILES string of the molecule is CCC1(CNS(=O)(=O)c2ccc(F)c(C#N)c2)CCC1. The van der Waals surface area contributed by atoms with Gasteiger partial charge in [-0.2, -0.15) is 5.26 Å². The van der Waals surface area contributed by atoms with Crippen LogP contribution in [0.15, 0.2) is 23.1 Å². The fourth-order valence-electron chi connectivity index (χ4n) is 2.42. The molecule has 6 heteroatoms. The van der Waals surface area contributed by atoms with Crippen molar-refractivity contribution >= 4 is 10.0 Å². The van der Waals surface area contributed by atoms with Crippen molar-refractivity contribution in [3.8, 4) is 6.07 Å². The molecule has 1 aromatic carbocycles. The summed E-state index contributed by atoms with van der Waals surface area (Å²) in [5.41, 5.74) is -0.202. The highest BCUT2D eigenvalue weighted by Crippen LogP contribution is 2.43. The fraction of sp³-hybridized carbons (Fsp3) is 0.500. The second-order valence-electron chi connectivity index (χ2n) is 5.29. The zero-order chi connectivity index (χ0) is 14.8. The van der Waals surface area contributed by atoms with Gasteiger partial charge in [0.15, 0.2) is 0 Å². The van der Waals surface area contributed by atoms with Crippen molar-refractivity contribution in [2.24, 2.45) is 5.41 Å². The van der Waals surface area contributed by atoms with Crippen molar-refractivity contribution < 1.29 is 12.8 Å². The number of sulfonamides is 1. The van der Waals surface area contributed by atoms with Crippen LogP contribution in [0.3, 0.4) is 0 Å². The molecule has 1 aliphatic rings. The molecular formula is C14H17FN2O2S. The van der Waals surface area contributed by atoms with Crippen LogP contribution in [0.25, 0.3) is 0 Å². The molecule has 0 amide bonds. The van der Waals surface area contributed by atoms with E-state index in [0.29, 0.717) is 6.54 Å². The molecule has 4 nitrogen and oxygen atoms in total. The van der Waals surface area contributed by atoms with Gasteiger partial charge in [-0.3, -0.25) is 0 Å². The topological polar surface area (TPSA) is 70.0 Å². The molecule has 0 bridgehead atoms. The maximum Gasteiger partial charge on any atom is 0.240 e. The van der Waals surface area contributed by atoms with Gasteiger partial charge in [-0.15, -0.1) is 0 Å². The van der Waals surface area contributed by atoms with Gasteiger partial charge in [0.2, 0.25) is 10.0 Å². The van der Waals surface area contributed by atoms with E-state index in [1.165, 1.54) is 6.07 Å². The lowest BCUT2D eigenvalue weighted by Crippen LogP contribution is -2.41. The van der Waals surface area contributed by atoms with E-state index in [0.717, 1.165) is 37.8 Å². The highest BCUT2D eigenvalue weighted by molar-refractivity contribution is 7.89. The van der Waals surface area contributed by atoms with Crippen LogP contribution in [0.2, 0.25) is 0 Å². The van der Waals surface area contributed by atoms with Crippen LogP contribution in [-0.4, -0.2) is 15.0 Å². The molecule has 1 N–H and O–H groups in total. The molecule has 1 saturated carbocycles. The van der Waals surface area contributed by atoms with Crippen molar-refractivity contribution in [1.29, 1.82) is 5.26 Å². The van der Waals surface area contributed by atoms with Gasteiger partial charge in [-0.05, 0) is 42.9 Å². The number of nitriles is 1. The number of hydrogen-bond donors (Lipinski definition) is 1. The van der Waals surface area contributed by atoms with Crippen LogP contribution in [-0.2, 0) is 10.0 Å². The van der Waals surface area contributed by atoms with Gasteiger partial charge >= 0.3 is 0 Å². The number of halogens is 1. The summed E-state index contributed by atoms with van der Waals surface area (Å²) in [4.78, 5) is -0.0685. The molecular weight excluding hydrogens is 279 g/mol. The first-order valence-corrected chi connectivity index (χ1v) is 8.10. The standard InChI is InChI=1S/C14H17FN2O2S/c1-2-14(6-3-7-14)10-17-20(18,19)12-4-5-13(15)11(8-12)9-16/h4-5,8,17H,2-3,6-7,10H2,1H3. The van der Waals surface area contributed by atoms with Gasteiger partial charge < -0.3 is 0 Å². The van der Waals surface area contributed by atoms with Gasteiger partial charge in [0.05, 0.1) is 10.5 Å². The average molecular weight is 296 g/mol. The minimum absolute atomic E-state index is 0.0607. The van der Waals surface area contributed by atoms with Gasteiger partial charge in [-0.1, -0.05) is 13.3 Å². The quantitative estimate of drug-likeness (QED) is 0.907. The first-order chi connectivity index (χ1) is 9.42. The van der Waals surface area contributed by atoms with Gasteiger partial charge in [-0.25, -0.2) is 17.5 Å². The molecule has 20 heavy (non-hydrogen) atoms. The van der Waals surface area contributed by atoms with Gasteiger partial charge in [0.25, 0.3) is 0 Å². The number of rotatable bonds is 5. The Morgan fingerprint density at radius 2 is 2.15 bits per heavy atom. The molecule has 0 aliphatic heterocycles. The van der Waals surface area contributed by atoms with E-state index in [9.17, 15) is 12.8 Å². The zero-order valence-corrected chi connectivity index (χ0v) is 12.1. The van der Waals surface area contributed by atoms with E-state index < -0.39 is 15.8 Å². The molecule has 1 aliphatic carbocycles. The summed E-state index contributed by atoms with van der Waals surface area (Å²) < 4.78 is 40.1. The average Bonchev–Trinajstić information content (AvgIpc) is 2.38. The predicted molar refractivity (Wildman–Crippen MR) is 72.9 cm³/mol. The Bertz CT molecular complexity index is 640. The number of benzene rings is 1. The van der Waals surface area contributed by atoms with Crippen LogP contribution < -0.4 is 4.72 Å². The number of nitrogens with zero attached hydrogens (tertiary/aromatic N) is 1. The summed E-state index contributed by atoms with van der Waals surface area (Å²) in [5.74, 6) is -0.713. The Morgan fingerprint density at radius 3 is 2.65 bits per heavy atom. The Morgan fingerprint density at radius 1 is 1.45 bits per heavy atom. The van der Waals surface area contributed by atoms with E-state index in [1.807, 2.05) is 0 Å². The molecule has 0 radical (unpaired) electrons. The van der Waals surface area contributed by atoms with Crippen molar-refractivity contribution in [3.05, 3.63) is 29.6 Å². The van der Waals surface area contributed by atoms with Crippen molar-refractivity contribution in [1.82, 2.24) is 4.72 Å². The van der Waals surface area contributed by atoms with Crippen molar-refractivity contribution in [2.45, 2.75) is 37.5 Å². The predicted octanol–water partition coefficient (Wildman–Crippen LogP) is 2.56. The Kier molecular flexibility index (Phi) is 4.11. The Hall–Kier alpha value is -1.45. The van der Waals surface area contributed by atoms with Crippen LogP contribution >= 0.6 is 0 Å². The first-order valence-electron chi connectivity index (χ1n) is 6.62. The molecule has 0 aromatic heterocycles. The molecule has 0 saturated heterocycles. The third-order valence-electron chi connectivity index (χ3n) is 4.17. The lowest BCUT2D eigenvalue weighted by molar-refractivity contribution is 0.133. The third kappa shape index (κ3) is 2.84. The van der Waals surface area contributed by atoms with Crippen LogP contribution in [0.1, 0.15) is 38.2 Å². The van der Waals surface area contributed by atoms with Crippen LogP contribution in [0, 0.1) is 22.6 Å². The first kappa shape index (κ1) is 14.9. The summed E-state index contributed by atoms with van der Waals surface area (Å²) in [6.07, 6.45) is 4.12. The summed E-state index contributed by atoms with van der Waals surface area (Å²) in [6, 6.07) is 4.90. The van der Waals surface area contributed by atoms with Gasteiger partial charge in [0.1, 0.15) is 11.9 Å². The molecule has 0 spiro atoms. The second kappa shape index (κ2) is 5.51. The van der Waals surface area contributed by atoms with Crippen LogP contribution in [0.4, 0.5) is 4.39 Å². The molecule has 108 valence electrons.